The molecule has 240 valence electrons. The number of primary amides is 1. The molecule has 47 heavy (non-hydrogen) atoms. The Balaban J connectivity index is 1.41. The first kappa shape index (κ1) is 32.4. The van der Waals surface area contributed by atoms with Crippen molar-refractivity contribution in [1.82, 2.24) is 14.9 Å². The first-order valence-corrected chi connectivity index (χ1v) is 14.9. The molecule has 1 aliphatic heterocycles. The number of aromatic nitrogens is 2. The van der Waals surface area contributed by atoms with Crippen LogP contribution in [0.1, 0.15) is 48.8 Å². The van der Waals surface area contributed by atoms with E-state index in [0.717, 1.165) is 11.1 Å². The molecule has 0 unspecified atom stereocenters. The highest BCUT2D eigenvalue weighted by Crippen LogP contribution is 2.26. The quantitative estimate of drug-likeness (QED) is 0.171. The van der Waals surface area contributed by atoms with Gasteiger partial charge in [-0.25, -0.2) is 19.6 Å². The summed E-state index contributed by atoms with van der Waals surface area (Å²) >= 11 is 0. The number of anilines is 3. The van der Waals surface area contributed by atoms with Crippen molar-refractivity contribution in [2.24, 2.45) is 5.73 Å². The Hall–Kier alpha value is -6.04. The Kier molecular flexibility index (Phi) is 10.2. The highest BCUT2D eigenvalue weighted by molar-refractivity contribution is 6.04. The minimum atomic E-state index is -0.818. The predicted octanol–water partition coefficient (Wildman–Crippen LogP) is 4.26. The molecule has 3 N–H and O–H groups in total. The van der Waals surface area contributed by atoms with Gasteiger partial charge in [-0.1, -0.05) is 67.2 Å². The number of rotatable bonds is 12. The van der Waals surface area contributed by atoms with Gasteiger partial charge in [0.05, 0.1) is 17.3 Å². The molecule has 12 nitrogen and oxygen atoms in total. The average Bonchev–Trinajstić information content (AvgIpc) is 3.60. The highest BCUT2D eigenvalue weighted by Gasteiger charge is 2.29. The molecule has 1 atom stereocenters. The van der Waals surface area contributed by atoms with E-state index in [1.807, 2.05) is 72.6 Å². The minimum absolute atomic E-state index is 0.000838. The van der Waals surface area contributed by atoms with Crippen molar-refractivity contribution >= 4 is 41.1 Å². The summed E-state index contributed by atoms with van der Waals surface area (Å²) in [6, 6.07) is 22.6. The van der Waals surface area contributed by atoms with Crippen molar-refractivity contribution in [3.8, 4) is 0 Å². The number of likely N-dealkylation sites (N-methyl/N-ethyl adjacent to an activating group) is 1. The summed E-state index contributed by atoms with van der Waals surface area (Å²) in [4.78, 5) is 63.4. The monoisotopic (exact) mass is 634 g/mol. The van der Waals surface area contributed by atoms with E-state index in [2.05, 4.69) is 21.9 Å². The number of carbonyl (C=O) groups excluding carboxylic acids is 4. The third-order valence-corrected chi connectivity index (χ3v) is 7.70. The molecule has 1 aromatic heterocycles. The van der Waals surface area contributed by atoms with Crippen molar-refractivity contribution in [2.75, 3.05) is 30.4 Å². The Morgan fingerprint density at radius 1 is 0.957 bits per heavy atom. The smallest absolute Gasteiger partial charge is 0.339 e. The van der Waals surface area contributed by atoms with Gasteiger partial charge in [-0.2, -0.15) is 0 Å². The molecule has 3 aromatic carbocycles. The second-order valence-electron chi connectivity index (χ2n) is 10.8. The fraction of sp³-hybridized carbons (Fsp3) is 0.200. The Morgan fingerprint density at radius 2 is 1.57 bits per heavy atom. The molecule has 0 aliphatic carbocycles. The normalized spacial score (nSPS) is 13.8. The molecule has 5 rings (SSSR count). The Labute approximate surface area is 271 Å². The van der Waals surface area contributed by atoms with Crippen molar-refractivity contribution in [3.05, 3.63) is 126 Å². The van der Waals surface area contributed by atoms with Crippen LogP contribution in [0.5, 0.6) is 0 Å². The zero-order valence-corrected chi connectivity index (χ0v) is 25.8. The summed E-state index contributed by atoms with van der Waals surface area (Å²) in [5, 5.41) is 3.03. The second kappa shape index (κ2) is 14.8. The van der Waals surface area contributed by atoms with Crippen LogP contribution >= 0.6 is 0 Å². The number of likely N-dealkylation sites (tertiary alicyclic amines) is 1. The topological polar surface area (TPSA) is 157 Å². The van der Waals surface area contributed by atoms with Crippen LogP contribution in [-0.2, 0) is 27.5 Å². The van der Waals surface area contributed by atoms with Crippen molar-refractivity contribution in [2.45, 2.75) is 25.7 Å². The van der Waals surface area contributed by atoms with Gasteiger partial charge in [0.25, 0.3) is 5.91 Å². The van der Waals surface area contributed by atoms with Crippen LogP contribution in [0.2, 0.25) is 0 Å². The van der Waals surface area contributed by atoms with E-state index in [4.69, 9.17) is 15.2 Å². The van der Waals surface area contributed by atoms with Crippen molar-refractivity contribution < 1.29 is 28.7 Å². The zero-order valence-electron chi connectivity index (χ0n) is 25.8. The van der Waals surface area contributed by atoms with Gasteiger partial charge in [0.15, 0.2) is 11.5 Å². The summed E-state index contributed by atoms with van der Waals surface area (Å²) in [6.45, 7) is 4.59. The standard InChI is InChI=1S/C35H34N6O6/c1-3-30(42)41-17-16-26(20-41)40(2)29-19-37-31(32(36)43)33(39-29)38-25-14-15-27(34(44)46-21-23-10-6-4-7-11-23)28(18-25)35(45)47-22-24-12-8-5-9-13-24/h3-15,18-19,26H,1,16-17,20-22H2,2H3,(H2,36,43)(H,38,39)/t26-/m1/s1. The lowest BCUT2D eigenvalue weighted by Crippen LogP contribution is -2.36. The molecule has 2 heterocycles. The molecule has 4 aromatic rings. The van der Waals surface area contributed by atoms with Gasteiger partial charge < -0.3 is 30.3 Å². The van der Waals surface area contributed by atoms with E-state index >= 15 is 0 Å². The number of amides is 2. The first-order chi connectivity index (χ1) is 22.7. The van der Waals surface area contributed by atoms with Crippen LogP contribution in [0.25, 0.3) is 0 Å². The lowest BCUT2D eigenvalue weighted by Gasteiger charge is -2.26. The number of nitrogens with one attached hydrogen (secondary N) is 1. The lowest BCUT2D eigenvalue weighted by atomic mass is 10.1. The third-order valence-electron chi connectivity index (χ3n) is 7.70. The molecule has 0 spiro atoms. The highest BCUT2D eigenvalue weighted by atomic mass is 16.5. The molecule has 2 amide bonds. The fourth-order valence-electron chi connectivity index (χ4n) is 5.10. The Morgan fingerprint density at radius 3 is 2.17 bits per heavy atom. The molecular weight excluding hydrogens is 600 g/mol. The van der Waals surface area contributed by atoms with Crippen molar-refractivity contribution in [1.29, 1.82) is 0 Å². The summed E-state index contributed by atoms with van der Waals surface area (Å²) in [5.41, 5.74) is 7.31. The van der Waals surface area contributed by atoms with Gasteiger partial charge in [0, 0.05) is 31.9 Å². The number of esters is 2. The maximum atomic E-state index is 13.4. The Bertz CT molecular complexity index is 1780. The molecule has 1 fully saturated rings. The van der Waals surface area contributed by atoms with E-state index in [1.54, 1.807) is 11.0 Å². The molecular formula is C35H34N6O6. The van der Waals surface area contributed by atoms with E-state index in [1.165, 1.54) is 24.4 Å². The number of hydrogen-bond acceptors (Lipinski definition) is 10. The van der Waals surface area contributed by atoms with E-state index in [-0.39, 0.29) is 47.8 Å². The predicted molar refractivity (Wildman–Crippen MR) is 175 cm³/mol. The zero-order chi connectivity index (χ0) is 33.3. The maximum absolute atomic E-state index is 13.4. The largest absolute Gasteiger partial charge is 0.457 e. The number of nitrogens with two attached hydrogens (primary N) is 1. The molecule has 1 aliphatic rings. The second-order valence-corrected chi connectivity index (χ2v) is 10.8. The van der Waals surface area contributed by atoms with E-state index < -0.39 is 17.8 Å². The summed E-state index contributed by atoms with van der Waals surface area (Å²) < 4.78 is 11.1. The van der Waals surface area contributed by atoms with Crippen LogP contribution < -0.4 is 16.0 Å². The molecule has 0 radical (unpaired) electrons. The molecule has 0 saturated carbocycles. The van der Waals surface area contributed by atoms with Crippen LogP contribution in [0.3, 0.4) is 0 Å². The fourth-order valence-corrected chi connectivity index (χ4v) is 5.10. The summed E-state index contributed by atoms with van der Waals surface area (Å²) in [5.74, 6) is -1.96. The maximum Gasteiger partial charge on any atom is 0.339 e. The number of carbonyl (C=O) groups is 4. The summed E-state index contributed by atoms with van der Waals surface area (Å²) in [6.07, 6.45) is 3.42. The molecule has 0 bridgehead atoms. The van der Waals surface area contributed by atoms with Gasteiger partial charge in [-0.05, 0) is 41.8 Å². The third kappa shape index (κ3) is 7.98. The number of hydrogen-bond donors (Lipinski definition) is 2. The number of benzene rings is 3. The average molecular weight is 635 g/mol. The van der Waals surface area contributed by atoms with Crippen LogP contribution in [0, 0.1) is 0 Å². The molecule has 12 heteroatoms. The van der Waals surface area contributed by atoms with Gasteiger partial charge >= 0.3 is 11.9 Å². The van der Waals surface area contributed by atoms with Gasteiger partial charge in [-0.3, -0.25) is 9.59 Å². The number of nitrogens with zero attached hydrogens (tertiary/aromatic N) is 4. The van der Waals surface area contributed by atoms with Gasteiger partial charge in [0.1, 0.15) is 19.0 Å². The van der Waals surface area contributed by atoms with Crippen LogP contribution in [0.15, 0.2) is 97.7 Å². The van der Waals surface area contributed by atoms with E-state index in [9.17, 15) is 19.2 Å². The number of ether oxygens (including phenoxy) is 2. The SMILES string of the molecule is C=CC(=O)N1CC[C@@H](N(C)c2cnc(C(N)=O)c(Nc3ccc(C(=O)OCc4ccccc4)c(C(=O)OCc4ccccc4)c3)n2)C1. The minimum Gasteiger partial charge on any atom is -0.457 e. The summed E-state index contributed by atoms with van der Waals surface area (Å²) in [7, 11) is 1.82. The lowest BCUT2D eigenvalue weighted by molar-refractivity contribution is -0.125. The van der Waals surface area contributed by atoms with Gasteiger partial charge in [-0.15, -0.1) is 0 Å². The molecule has 1 saturated heterocycles. The van der Waals surface area contributed by atoms with Crippen molar-refractivity contribution in [3.63, 3.8) is 0 Å². The van der Waals surface area contributed by atoms with E-state index in [0.29, 0.717) is 31.0 Å². The first-order valence-electron chi connectivity index (χ1n) is 14.9. The van der Waals surface area contributed by atoms with Crippen LogP contribution in [-0.4, -0.2) is 64.8 Å². The van der Waals surface area contributed by atoms with Gasteiger partial charge in [0.2, 0.25) is 5.91 Å². The van der Waals surface area contributed by atoms with Crippen LogP contribution in [0.4, 0.5) is 17.3 Å².